The van der Waals surface area contributed by atoms with E-state index in [1.54, 1.807) is 12.1 Å². The highest BCUT2D eigenvalue weighted by Gasteiger charge is 2.38. The number of allylic oxidation sites excluding steroid dienone is 1. The highest BCUT2D eigenvalue weighted by atomic mass is 32.2. The number of hydrogen-bond donors (Lipinski definition) is 1. The van der Waals surface area contributed by atoms with Crippen LogP contribution in [0.4, 0.5) is 5.69 Å². The van der Waals surface area contributed by atoms with Crippen molar-refractivity contribution in [2.75, 3.05) is 4.90 Å². The largest absolute Gasteiger partial charge is 0.285 e. The monoisotopic (exact) mass is 280 g/mol. The van der Waals surface area contributed by atoms with Gasteiger partial charge in [0.05, 0.1) is 4.90 Å². The number of carbonyl (C=O) groups excluding carboxylic acids is 1. The molecule has 1 fully saturated rings. The summed E-state index contributed by atoms with van der Waals surface area (Å²) in [5, 5.41) is 5.03. The fourth-order valence-corrected chi connectivity index (χ4v) is 2.64. The fourth-order valence-electron chi connectivity index (χ4n) is 2.13. The number of rotatable bonds is 2. The van der Waals surface area contributed by atoms with Crippen LogP contribution in [0.5, 0.6) is 0 Å². The minimum Gasteiger partial charge on any atom is -0.285 e. The van der Waals surface area contributed by atoms with Gasteiger partial charge in [-0.2, -0.15) is 0 Å². The van der Waals surface area contributed by atoms with Gasteiger partial charge in [0, 0.05) is 23.2 Å². The molecule has 2 N–H and O–H groups in total. The molecule has 0 spiro atoms. The van der Waals surface area contributed by atoms with Crippen LogP contribution in [0.15, 0.2) is 41.4 Å². The number of amides is 1. The topological polar surface area (TPSA) is 80.5 Å². The van der Waals surface area contributed by atoms with E-state index in [1.807, 2.05) is 13.8 Å². The summed E-state index contributed by atoms with van der Waals surface area (Å²) in [6.45, 7) is 7.73. The molecule has 1 aliphatic heterocycles. The Hall–Kier alpha value is -1.66. The number of sulfonamides is 1. The van der Waals surface area contributed by atoms with Gasteiger partial charge in [0.25, 0.3) is 0 Å². The first-order valence-electron chi connectivity index (χ1n) is 5.89. The average molecular weight is 280 g/mol. The van der Waals surface area contributed by atoms with Crippen LogP contribution in [0, 0.1) is 11.8 Å². The normalized spacial score (nSPS) is 24.1. The van der Waals surface area contributed by atoms with E-state index in [2.05, 4.69) is 6.58 Å². The average Bonchev–Trinajstić information content (AvgIpc) is 2.53. The predicted octanol–water partition coefficient (Wildman–Crippen LogP) is 1.47. The Kier molecular flexibility index (Phi) is 3.24. The molecule has 1 aliphatic rings. The first-order valence-corrected chi connectivity index (χ1v) is 7.43. The Balaban J connectivity index is 2.39. The molecule has 2 rings (SSSR count). The molecule has 0 aromatic heterocycles. The number of anilines is 1. The lowest BCUT2D eigenvalue weighted by Gasteiger charge is -2.18. The van der Waals surface area contributed by atoms with E-state index in [9.17, 15) is 13.2 Å². The smallest absolute Gasteiger partial charge is 0.238 e. The molecule has 2 unspecified atom stereocenters. The van der Waals surface area contributed by atoms with E-state index in [-0.39, 0.29) is 22.6 Å². The molecular formula is C13H16N2O3S. The molecule has 6 heteroatoms. The second-order valence-electron chi connectivity index (χ2n) is 4.78. The zero-order valence-corrected chi connectivity index (χ0v) is 11.6. The maximum absolute atomic E-state index is 12.1. The second kappa shape index (κ2) is 4.47. The van der Waals surface area contributed by atoms with Crippen LogP contribution in [0.25, 0.3) is 0 Å². The summed E-state index contributed by atoms with van der Waals surface area (Å²) in [6, 6.07) is 5.90. The number of carbonyl (C=O) groups is 1. The van der Waals surface area contributed by atoms with E-state index in [0.717, 1.165) is 5.70 Å². The van der Waals surface area contributed by atoms with E-state index in [4.69, 9.17) is 5.14 Å². The van der Waals surface area contributed by atoms with Gasteiger partial charge in [0.15, 0.2) is 0 Å². The number of nitrogens with zero attached hydrogens (tertiary/aromatic N) is 1. The molecule has 0 radical (unpaired) electrons. The molecule has 1 saturated heterocycles. The van der Waals surface area contributed by atoms with Gasteiger partial charge in [-0.3, -0.25) is 9.69 Å². The summed E-state index contributed by atoms with van der Waals surface area (Å²) in [5.74, 6) is -0.0725. The summed E-state index contributed by atoms with van der Waals surface area (Å²) >= 11 is 0. The zero-order chi connectivity index (χ0) is 14.4. The third-order valence-electron chi connectivity index (χ3n) is 3.60. The second-order valence-corrected chi connectivity index (χ2v) is 6.34. The zero-order valence-electron chi connectivity index (χ0n) is 10.8. The Morgan fingerprint density at radius 3 is 2.05 bits per heavy atom. The van der Waals surface area contributed by atoms with Crippen LogP contribution in [-0.4, -0.2) is 14.3 Å². The maximum Gasteiger partial charge on any atom is 0.238 e. The highest BCUT2D eigenvalue weighted by Crippen LogP contribution is 2.36. The number of benzene rings is 1. The number of primary sulfonamides is 1. The molecular weight excluding hydrogens is 264 g/mol. The predicted molar refractivity (Wildman–Crippen MR) is 72.8 cm³/mol. The van der Waals surface area contributed by atoms with E-state index in [0.29, 0.717) is 5.69 Å². The van der Waals surface area contributed by atoms with Crippen LogP contribution in [0.1, 0.15) is 13.8 Å². The van der Waals surface area contributed by atoms with Gasteiger partial charge in [-0.25, -0.2) is 13.6 Å². The maximum atomic E-state index is 12.1. The van der Waals surface area contributed by atoms with Crippen LogP contribution >= 0.6 is 0 Å². The van der Waals surface area contributed by atoms with Gasteiger partial charge in [0.1, 0.15) is 0 Å². The fraction of sp³-hybridized carbons (Fsp3) is 0.308. The molecule has 19 heavy (non-hydrogen) atoms. The van der Waals surface area contributed by atoms with E-state index < -0.39 is 10.0 Å². The van der Waals surface area contributed by atoms with Crippen molar-refractivity contribution in [3.05, 3.63) is 36.5 Å². The minimum atomic E-state index is -3.72. The van der Waals surface area contributed by atoms with Gasteiger partial charge in [-0.1, -0.05) is 20.4 Å². The van der Waals surface area contributed by atoms with Gasteiger partial charge in [0.2, 0.25) is 15.9 Å². The first-order chi connectivity index (χ1) is 8.73. The standard InChI is InChI=1S/C13H16N2O3S/c1-8-9(2)13(16)15(10(8)3)11-4-6-12(7-5-11)19(14,17)18/h4-9H,3H2,1-2H3,(H2,14,17,18). The summed E-state index contributed by atoms with van der Waals surface area (Å²) in [5.41, 5.74) is 1.33. The highest BCUT2D eigenvalue weighted by molar-refractivity contribution is 7.89. The summed E-state index contributed by atoms with van der Waals surface area (Å²) in [7, 11) is -3.72. The SMILES string of the molecule is C=C1C(C)C(C)C(=O)N1c1ccc(S(N)(=O)=O)cc1. The minimum absolute atomic E-state index is 0.0228. The van der Waals surface area contributed by atoms with E-state index in [1.165, 1.54) is 17.0 Å². The van der Waals surface area contributed by atoms with Crippen molar-refractivity contribution < 1.29 is 13.2 Å². The van der Waals surface area contributed by atoms with Crippen molar-refractivity contribution in [2.45, 2.75) is 18.7 Å². The van der Waals surface area contributed by atoms with Crippen LogP contribution in [-0.2, 0) is 14.8 Å². The molecule has 5 nitrogen and oxygen atoms in total. The van der Waals surface area contributed by atoms with Crippen molar-refractivity contribution in [2.24, 2.45) is 17.0 Å². The Labute approximate surface area is 112 Å². The van der Waals surface area contributed by atoms with Crippen molar-refractivity contribution in [3.8, 4) is 0 Å². The van der Waals surface area contributed by atoms with Crippen LogP contribution in [0.3, 0.4) is 0 Å². The molecule has 1 aromatic rings. The third-order valence-corrected chi connectivity index (χ3v) is 4.53. The molecule has 0 saturated carbocycles. The number of nitrogens with two attached hydrogens (primary N) is 1. The van der Waals surface area contributed by atoms with Gasteiger partial charge in [-0.05, 0) is 24.3 Å². The molecule has 1 amide bonds. The van der Waals surface area contributed by atoms with Crippen molar-refractivity contribution in [1.29, 1.82) is 0 Å². The molecule has 2 atom stereocenters. The van der Waals surface area contributed by atoms with Crippen LogP contribution in [0.2, 0.25) is 0 Å². The Morgan fingerprint density at radius 1 is 1.16 bits per heavy atom. The number of hydrogen-bond acceptors (Lipinski definition) is 3. The van der Waals surface area contributed by atoms with Crippen molar-refractivity contribution in [3.63, 3.8) is 0 Å². The lowest BCUT2D eigenvalue weighted by Crippen LogP contribution is -2.24. The van der Waals surface area contributed by atoms with Gasteiger partial charge in [-0.15, -0.1) is 0 Å². The Bertz CT molecular complexity index is 614. The van der Waals surface area contributed by atoms with Gasteiger partial charge < -0.3 is 0 Å². The van der Waals surface area contributed by atoms with Crippen molar-refractivity contribution >= 4 is 21.6 Å². The quantitative estimate of drug-likeness (QED) is 0.890. The van der Waals surface area contributed by atoms with Crippen molar-refractivity contribution in [1.82, 2.24) is 0 Å². The van der Waals surface area contributed by atoms with Gasteiger partial charge >= 0.3 is 0 Å². The summed E-state index contributed by atoms with van der Waals surface area (Å²) < 4.78 is 22.4. The Morgan fingerprint density at radius 2 is 1.68 bits per heavy atom. The summed E-state index contributed by atoms with van der Waals surface area (Å²) in [4.78, 5) is 13.7. The summed E-state index contributed by atoms with van der Waals surface area (Å²) in [6.07, 6.45) is 0. The molecule has 102 valence electrons. The lowest BCUT2D eigenvalue weighted by atomic mass is 9.98. The third kappa shape index (κ3) is 2.29. The first kappa shape index (κ1) is 13.8. The molecule has 1 aromatic carbocycles. The van der Waals surface area contributed by atoms with E-state index >= 15 is 0 Å². The van der Waals surface area contributed by atoms with Crippen LogP contribution < -0.4 is 10.0 Å². The molecule has 0 bridgehead atoms. The molecule has 1 heterocycles. The molecule has 0 aliphatic carbocycles. The lowest BCUT2D eigenvalue weighted by molar-refractivity contribution is -0.120.